The number of hydrogen-bond acceptors (Lipinski definition) is 2. The topological polar surface area (TPSA) is 55.1 Å². The largest absolute Gasteiger partial charge is 0.398 e. The fraction of sp³-hybridized carbons (Fsp3) is 0.562. The maximum atomic E-state index is 12.5. The number of anilines is 1. The number of nitrogen functional groups attached to an aromatic ring is 1. The van der Waals surface area contributed by atoms with Crippen molar-refractivity contribution in [1.29, 1.82) is 0 Å². The van der Waals surface area contributed by atoms with Crippen molar-refractivity contribution >= 4 is 27.5 Å². The summed E-state index contributed by atoms with van der Waals surface area (Å²) in [6.45, 7) is 6.43. The van der Waals surface area contributed by atoms with E-state index in [1.807, 2.05) is 19.1 Å². The molecule has 0 saturated heterocycles. The molecule has 0 bridgehead atoms. The molecule has 3 nitrogen and oxygen atoms in total. The third-order valence-electron chi connectivity index (χ3n) is 4.20. The third-order valence-corrected chi connectivity index (χ3v) is 4.66. The highest BCUT2D eigenvalue weighted by molar-refractivity contribution is 9.10. The number of rotatable bonds is 2. The molecule has 0 aromatic heterocycles. The third kappa shape index (κ3) is 3.54. The summed E-state index contributed by atoms with van der Waals surface area (Å²) in [4.78, 5) is 12.5. The number of nitrogens with two attached hydrogens (primary N) is 1. The Bertz CT molecular complexity index is 525. The molecule has 1 amide bonds. The van der Waals surface area contributed by atoms with Crippen LogP contribution in [0.4, 0.5) is 5.69 Å². The predicted octanol–water partition coefficient (Wildman–Crippen LogP) is 4.04. The smallest absolute Gasteiger partial charge is 0.251 e. The van der Waals surface area contributed by atoms with Crippen molar-refractivity contribution in [3.05, 3.63) is 27.7 Å². The summed E-state index contributed by atoms with van der Waals surface area (Å²) in [5.41, 5.74) is 8.41. The van der Waals surface area contributed by atoms with Gasteiger partial charge in [-0.3, -0.25) is 4.79 Å². The average molecular weight is 339 g/mol. The standard InChI is InChI=1S/C16H23BrN2O/c1-10-13(7-11(17)8-14(10)18)15(20)19-12-5-4-6-16(2,3)9-12/h7-8,12H,4-6,9,18H2,1-3H3,(H,19,20). The molecule has 1 aliphatic rings. The van der Waals surface area contributed by atoms with Gasteiger partial charge in [0, 0.05) is 21.8 Å². The Balaban J connectivity index is 2.13. The lowest BCUT2D eigenvalue weighted by atomic mass is 9.75. The summed E-state index contributed by atoms with van der Waals surface area (Å²) in [6, 6.07) is 3.94. The number of benzene rings is 1. The molecule has 0 aliphatic heterocycles. The van der Waals surface area contributed by atoms with Crippen molar-refractivity contribution < 1.29 is 4.79 Å². The lowest BCUT2D eigenvalue weighted by molar-refractivity contribution is 0.0902. The van der Waals surface area contributed by atoms with Gasteiger partial charge in [-0.25, -0.2) is 0 Å². The van der Waals surface area contributed by atoms with Crippen LogP contribution in [0.3, 0.4) is 0 Å². The first-order valence-corrected chi connectivity index (χ1v) is 7.94. The molecule has 3 N–H and O–H groups in total. The van der Waals surface area contributed by atoms with Crippen LogP contribution in [0.1, 0.15) is 55.5 Å². The van der Waals surface area contributed by atoms with Crippen LogP contribution in [0.2, 0.25) is 0 Å². The SMILES string of the molecule is Cc1c(N)cc(Br)cc1C(=O)NC1CCCC(C)(C)C1. The Morgan fingerprint density at radius 1 is 1.45 bits per heavy atom. The highest BCUT2D eigenvalue weighted by Crippen LogP contribution is 2.35. The molecule has 1 unspecified atom stereocenters. The minimum atomic E-state index is -0.0156. The van der Waals surface area contributed by atoms with Gasteiger partial charge in [-0.1, -0.05) is 36.2 Å². The first-order chi connectivity index (χ1) is 9.28. The van der Waals surface area contributed by atoms with Gasteiger partial charge in [-0.2, -0.15) is 0 Å². The maximum Gasteiger partial charge on any atom is 0.251 e. The zero-order valence-corrected chi connectivity index (χ0v) is 14.0. The normalized spacial score (nSPS) is 21.5. The highest BCUT2D eigenvalue weighted by Gasteiger charge is 2.29. The van der Waals surface area contributed by atoms with E-state index in [-0.39, 0.29) is 11.9 Å². The Morgan fingerprint density at radius 2 is 2.15 bits per heavy atom. The molecule has 0 heterocycles. The molecule has 1 aromatic carbocycles. The van der Waals surface area contributed by atoms with E-state index in [2.05, 4.69) is 35.1 Å². The average Bonchev–Trinajstić information content (AvgIpc) is 2.32. The summed E-state index contributed by atoms with van der Waals surface area (Å²) in [7, 11) is 0. The Morgan fingerprint density at radius 3 is 2.80 bits per heavy atom. The molecular weight excluding hydrogens is 316 g/mol. The summed E-state index contributed by atoms with van der Waals surface area (Å²) in [5, 5.41) is 3.17. The van der Waals surface area contributed by atoms with Gasteiger partial charge in [-0.15, -0.1) is 0 Å². The number of hydrogen-bond donors (Lipinski definition) is 2. The van der Waals surface area contributed by atoms with Crippen molar-refractivity contribution in [3.63, 3.8) is 0 Å². The van der Waals surface area contributed by atoms with E-state index in [0.29, 0.717) is 16.7 Å². The minimum absolute atomic E-state index is 0.0156. The quantitative estimate of drug-likeness (QED) is 0.799. The lowest BCUT2D eigenvalue weighted by Crippen LogP contribution is -2.40. The van der Waals surface area contributed by atoms with Gasteiger partial charge in [0.15, 0.2) is 0 Å². The minimum Gasteiger partial charge on any atom is -0.398 e. The van der Waals surface area contributed by atoms with Gasteiger partial charge in [0.2, 0.25) is 0 Å². The van der Waals surface area contributed by atoms with E-state index in [0.717, 1.165) is 22.9 Å². The van der Waals surface area contributed by atoms with E-state index in [9.17, 15) is 4.79 Å². The first kappa shape index (κ1) is 15.4. The fourth-order valence-electron chi connectivity index (χ4n) is 3.02. The van der Waals surface area contributed by atoms with Gasteiger partial charge >= 0.3 is 0 Å². The van der Waals surface area contributed by atoms with Gasteiger partial charge in [-0.05, 0) is 49.3 Å². The second-order valence-electron chi connectivity index (χ2n) is 6.60. The van der Waals surface area contributed by atoms with Crippen LogP contribution < -0.4 is 11.1 Å². The summed E-state index contributed by atoms with van der Waals surface area (Å²) < 4.78 is 0.842. The summed E-state index contributed by atoms with van der Waals surface area (Å²) in [6.07, 6.45) is 4.53. The van der Waals surface area contributed by atoms with Gasteiger partial charge in [0.1, 0.15) is 0 Å². The van der Waals surface area contributed by atoms with Crippen molar-refractivity contribution in [2.45, 2.75) is 52.5 Å². The maximum absolute atomic E-state index is 12.5. The Kier molecular flexibility index (Phi) is 4.43. The lowest BCUT2D eigenvalue weighted by Gasteiger charge is -2.35. The molecule has 1 fully saturated rings. The van der Waals surface area contributed by atoms with Crippen molar-refractivity contribution in [2.75, 3.05) is 5.73 Å². The molecule has 0 spiro atoms. The van der Waals surface area contributed by atoms with Crippen LogP contribution in [0.5, 0.6) is 0 Å². The molecule has 20 heavy (non-hydrogen) atoms. The second kappa shape index (κ2) is 5.76. The molecule has 1 aliphatic carbocycles. The van der Waals surface area contributed by atoms with Crippen molar-refractivity contribution in [2.24, 2.45) is 5.41 Å². The molecule has 1 saturated carbocycles. The van der Waals surface area contributed by atoms with Crippen LogP contribution in [-0.2, 0) is 0 Å². The van der Waals surface area contributed by atoms with E-state index in [1.165, 1.54) is 12.8 Å². The molecule has 0 radical (unpaired) electrons. The monoisotopic (exact) mass is 338 g/mol. The zero-order chi connectivity index (χ0) is 14.9. The van der Waals surface area contributed by atoms with E-state index in [1.54, 1.807) is 0 Å². The van der Waals surface area contributed by atoms with Gasteiger partial charge < -0.3 is 11.1 Å². The van der Waals surface area contributed by atoms with Crippen LogP contribution in [-0.4, -0.2) is 11.9 Å². The number of nitrogens with one attached hydrogen (secondary N) is 1. The van der Waals surface area contributed by atoms with Gasteiger partial charge in [0.25, 0.3) is 5.91 Å². The number of carbonyl (C=O) groups excluding carboxylic acids is 1. The number of amides is 1. The zero-order valence-electron chi connectivity index (χ0n) is 12.4. The van der Waals surface area contributed by atoms with Crippen LogP contribution >= 0.6 is 15.9 Å². The highest BCUT2D eigenvalue weighted by atomic mass is 79.9. The predicted molar refractivity (Wildman–Crippen MR) is 86.8 cm³/mol. The van der Waals surface area contributed by atoms with E-state index < -0.39 is 0 Å². The molecule has 2 rings (SSSR count). The van der Waals surface area contributed by atoms with Gasteiger partial charge in [0.05, 0.1) is 0 Å². The molecule has 1 aromatic rings. The van der Waals surface area contributed by atoms with Crippen LogP contribution in [0.25, 0.3) is 0 Å². The van der Waals surface area contributed by atoms with Crippen molar-refractivity contribution in [3.8, 4) is 0 Å². The van der Waals surface area contributed by atoms with E-state index >= 15 is 0 Å². The van der Waals surface area contributed by atoms with E-state index in [4.69, 9.17) is 5.73 Å². The summed E-state index contributed by atoms with van der Waals surface area (Å²) >= 11 is 3.40. The Labute approximate surface area is 129 Å². The molecule has 110 valence electrons. The first-order valence-electron chi connectivity index (χ1n) is 7.15. The summed E-state index contributed by atoms with van der Waals surface area (Å²) in [5.74, 6) is -0.0156. The second-order valence-corrected chi connectivity index (χ2v) is 7.51. The molecule has 4 heteroatoms. The number of carbonyl (C=O) groups is 1. The van der Waals surface area contributed by atoms with Crippen LogP contribution in [0, 0.1) is 12.3 Å². The molecular formula is C16H23BrN2O. The Hall–Kier alpha value is -1.03. The van der Waals surface area contributed by atoms with Crippen molar-refractivity contribution in [1.82, 2.24) is 5.32 Å². The molecule has 1 atom stereocenters. The number of halogens is 1. The van der Waals surface area contributed by atoms with Crippen LogP contribution in [0.15, 0.2) is 16.6 Å². The fourth-order valence-corrected chi connectivity index (χ4v) is 3.50.